The zero-order chi connectivity index (χ0) is 15.1. The number of nitrogens with two attached hydrogens (primary N) is 1. The van der Waals surface area contributed by atoms with Crippen LogP contribution in [0.5, 0.6) is 11.5 Å². The Kier molecular flexibility index (Phi) is 6.01. The van der Waals surface area contributed by atoms with E-state index in [0.717, 1.165) is 5.56 Å². The molecule has 20 heavy (non-hydrogen) atoms. The Morgan fingerprint density at radius 1 is 1.45 bits per heavy atom. The molecule has 2 N–H and O–H groups in total. The quantitative estimate of drug-likeness (QED) is 0.495. The number of nitriles is 1. The van der Waals surface area contributed by atoms with Crippen LogP contribution in [0.1, 0.15) is 26.3 Å². The van der Waals surface area contributed by atoms with Gasteiger partial charge in [0.25, 0.3) is 0 Å². The lowest BCUT2D eigenvalue weighted by atomic mass is 10.1. The van der Waals surface area contributed by atoms with Crippen LogP contribution in [0.25, 0.3) is 6.08 Å². The first-order valence-corrected chi connectivity index (χ1v) is 6.73. The van der Waals surface area contributed by atoms with Gasteiger partial charge >= 0.3 is 0 Å². The summed E-state index contributed by atoms with van der Waals surface area (Å²) in [6.45, 7) is 6.33. The van der Waals surface area contributed by atoms with Gasteiger partial charge in [0.2, 0.25) is 0 Å². The smallest absolute Gasteiger partial charge is 0.161 e. The average molecular weight is 290 g/mol. The first kappa shape index (κ1) is 16.0. The summed E-state index contributed by atoms with van der Waals surface area (Å²) in [6, 6.07) is 7.41. The van der Waals surface area contributed by atoms with Gasteiger partial charge < -0.3 is 15.2 Å². The van der Waals surface area contributed by atoms with E-state index < -0.39 is 0 Å². The van der Waals surface area contributed by atoms with Crippen LogP contribution in [0.15, 0.2) is 23.8 Å². The number of rotatable bonds is 6. The van der Waals surface area contributed by atoms with E-state index in [1.165, 1.54) is 0 Å². The zero-order valence-electron chi connectivity index (χ0n) is 11.8. The Labute approximate surface area is 124 Å². The predicted octanol–water partition coefficient (Wildman–Crippen LogP) is 3.07. The minimum Gasteiger partial charge on any atom is -0.490 e. The molecule has 0 aliphatic rings. The maximum atomic E-state index is 8.96. The van der Waals surface area contributed by atoms with Gasteiger partial charge in [0.05, 0.1) is 18.3 Å². The van der Waals surface area contributed by atoms with Crippen molar-refractivity contribution in [3.8, 4) is 17.6 Å². The summed E-state index contributed by atoms with van der Waals surface area (Å²) in [6.07, 6.45) is 1.69. The van der Waals surface area contributed by atoms with Gasteiger partial charge in [-0.2, -0.15) is 5.26 Å². The van der Waals surface area contributed by atoms with Crippen molar-refractivity contribution in [1.82, 2.24) is 0 Å². The third kappa shape index (κ3) is 4.56. The molecule has 106 valence electrons. The SMILES string of the molecule is CCOc1cc(C=C(C#N)C(N)=S)ccc1OC(C)C. The predicted molar refractivity (Wildman–Crippen MR) is 83.8 cm³/mol. The van der Waals surface area contributed by atoms with E-state index in [1.807, 2.05) is 39.0 Å². The van der Waals surface area contributed by atoms with Gasteiger partial charge in [-0.15, -0.1) is 0 Å². The first-order valence-electron chi connectivity index (χ1n) is 6.33. The second-order valence-electron chi connectivity index (χ2n) is 4.34. The lowest BCUT2D eigenvalue weighted by molar-refractivity contribution is 0.224. The van der Waals surface area contributed by atoms with Crippen molar-refractivity contribution in [3.05, 3.63) is 29.3 Å². The molecule has 0 aliphatic carbocycles. The monoisotopic (exact) mass is 290 g/mol. The number of hydrogen-bond donors (Lipinski definition) is 1. The zero-order valence-corrected chi connectivity index (χ0v) is 12.7. The van der Waals surface area contributed by atoms with E-state index >= 15 is 0 Å². The fourth-order valence-corrected chi connectivity index (χ4v) is 1.66. The molecule has 1 aromatic rings. The van der Waals surface area contributed by atoms with Crippen molar-refractivity contribution < 1.29 is 9.47 Å². The normalized spacial score (nSPS) is 11.1. The van der Waals surface area contributed by atoms with E-state index in [-0.39, 0.29) is 16.7 Å². The van der Waals surface area contributed by atoms with Crippen LogP contribution >= 0.6 is 12.2 Å². The van der Waals surface area contributed by atoms with Gasteiger partial charge in [-0.25, -0.2) is 0 Å². The van der Waals surface area contributed by atoms with Gasteiger partial charge in [0.15, 0.2) is 11.5 Å². The maximum Gasteiger partial charge on any atom is 0.161 e. The highest BCUT2D eigenvalue weighted by molar-refractivity contribution is 7.80. The fraction of sp³-hybridized carbons (Fsp3) is 0.333. The third-order valence-electron chi connectivity index (χ3n) is 2.33. The molecule has 0 heterocycles. The van der Waals surface area contributed by atoms with Crippen LogP contribution < -0.4 is 15.2 Å². The first-order chi connectivity index (χ1) is 9.47. The van der Waals surface area contributed by atoms with Crippen LogP contribution in [0.4, 0.5) is 0 Å². The Balaban J connectivity index is 3.16. The fourth-order valence-electron chi connectivity index (χ4n) is 1.56. The topological polar surface area (TPSA) is 68.3 Å². The summed E-state index contributed by atoms with van der Waals surface area (Å²) < 4.78 is 11.2. The van der Waals surface area contributed by atoms with Crippen molar-refractivity contribution >= 4 is 23.3 Å². The maximum absolute atomic E-state index is 8.96. The number of thiocarbonyl (C=S) groups is 1. The minimum atomic E-state index is 0.0573. The van der Waals surface area contributed by atoms with Gasteiger partial charge in [0, 0.05) is 0 Å². The molecule has 0 aliphatic heterocycles. The van der Waals surface area contributed by atoms with Crippen molar-refractivity contribution in [1.29, 1.82) is 5.26 Å². The van der Waals surface area contributed by atoms with E-state index in [9.17, 15) is 0 Å². The molecule has 1 rings (SSSR count). The molecule has 0 atom stereocenters. The van der Waals surface area contributed by atoms with Gasteiger partial charge in [-0.3, -0.25) is 0 Å². The molecule has 1 aromatic carbocycles. The van der Waals surface area contributed by atoms with E-state index in [1.54, 1.807) is 12.1 Å². The lowest BCUT2D eigenvalue weighted by Crippen LogP contribution is -2.10. The molecule has 0 unspecified atom stereocenters. The van der Waals surface area contributed by atoms with Gasteiger partial charge in [-0.1, -0.05) is 18.3 Å². The van der Waals surface area contributed by atoms with Crippen molar-refractivity contribution in [3.63, 3.8) is 0 Å². The summed E-state index contributed by atoms with van der Waals surface area (Å²) in [7, 11) is 0. The van der Waals surface area contributed by atoms with E-state index in [2.05, 4.69) is 0 Å². The largest absolute Gasteiger partial charge is 0.490 e. The summed E-state index contributed by atoms with van der Waals surface area (Å²) in [5.41, 5.74) is 6.52. The van der Waals surface area contributed by atoms with Gasteiger partial charge in [-0.05, 0) is 44.5 Å². The molecule has 0 spiro atoms. The van der Waals surface area contributed by atoms with E-state index in [4.69, 9.17) is 32.7 Å². The highest BCUT2D eigenvalue weighted by Crippen LogP contribution is 2.30. The van der Waals surface area contributed by atoms with Gasteiger partial charge in [0.1, 0.15) is 11.1 Å². The van der Waals surface area contributed by atoms with Crippen LogP contribution in [0.2, 0.25) is 0 Å². The molecule has 0 fully saturated rings. The van der Waals surface area contributed by atoms with Crippen LogP contribution in [-0.4, -0.2) is 17.7 Å². The Morgan fingerprint density at radius 2 is 2.15 bits per heavy atom. The second kappa shape index (κ2) is 7.51. The molecular formula is C15H18N2O2S. The Morgan fingerprint density at radius 3 is 2.65 bits per heavy atom. The molecular weight excluding hydrogens is 272 g/mol. The molecule has 4 nitrogen and oxygen atoms in total. The summed E-state index contributed by atoms with van der Waals surface area (Å²) in [4.78, 5) is 0.0768. The lowest BCUT2D eigenvalue weighted by Gasteiger charge is -2.15. The summed E-state index contributed by atoms with van der Waals surface area (Å²) in [5.74, 6) is 1.31. The molecule has 0 radical (unpaired) electrons. The molecule has 0 saturated heterocycles. The molecule has 0 bridgehead atoms. The summed E-state index contributed by atoms with van der Waals surface area (Å²) >= 11 is 4.81. The van der Waals surface area contributed by atoms with Crippen molar-refractivity contribution in [2.45, 2.75) is 26.9 Å². The number of ether oxygens (including phenoxy) is 2. The van der Waals surface area contributed by atoms with Crippen LogP contribution in [0, 0.1) is 11.3 Å². The molecule has 0 saturated carbocycles. The van der Waals surface area contributed by atoms with E-state index in [0.29, 0.717) is 18.1 Å². The number of hydrogen-bond acceptors (Lipinski definition) is 4. The standard InChI is InChI=1S/C15H18N2O2S/c1-4-18-14-8-11(7-12(9-16)15(17)20)5-6-13(14)19-10(2)3/h5-8,10H,4H2,1-3H3,(H2,17,20). The molecule has 0 amide bonds. The molecule has 5 heteroatoms. The highest BCUT2D eigenvalue weighted by Gasteiger charge is 2.08. The Hall–Kier alpha value is -2.06. The average Bonchev–Trinajstić information content (AvgIpc) is 2.38. The van der Waals surface area contributed by atoms with Crippen LogP contribution in [0.3, 0.4) is 0 Å². The summed E-state index contributed by atoms with van der Waals surface area (Å²) in [5, 5.41) is 8.96. The number of benzene rings is 1. The molecule has 0 aromatic heterocycles. The minimum absolute atomic E-state index is 0.0573. The number of nitrogens with zero attached hydrogens (tertiary/aromatic N) is 1. The van der Waals surface area contributed by atoms with Crippen LogP contribution in [-0.2, 0) is 0 Å². The van der Waals surface area contributed by atoms with Crippen molar-refractivity contribution in [2.24, 2.45) is 5.73 Å². The Bertz CT molecular complexity index is 559. The third-order valence-corrected chi connectivity index (χ3v) is 2.55. The highest BCUT2D eigenvalue weighted by atomic mass is 32.1. The second-order valence-corrected chi connectivity index (χ2v) is 4.78. The van der Waals surface area contributed by atoms with Crippen molar-refractivity contribution in [2.75, 3.05) is 6.61 Å².